The molecule has 2 aromatic rings. The highest BCUT2D eigenvalue weighted by atomic mass is 16.2. The van der Waals surface area contributed by atoms with E-state index in [1.165, 1.54) is 0 Å². The second kappa shape index (κ2) is 4.80. The summed E-state index contributed by atoms with van der Waals surface area (Å²) >= 11 is 0. The molecule has 0 atom stereocenters. The number of fused-ring (bicyclic) bond motifs is 1. The lowest BCUT2D eigenvalue weighted by molar-refractivity contribution is -0.119. The Bertz CT molecular complexity index is 670. The average Bonchev–Trinajstić information content (AvgIpc) is 2.42. The molecule has 6 nitrogen and oxygen atoms in total. The van der Waals surface area contributed by atoms with Crippen LogP contribution in [0.2, 0.25) is 0 Å². The van der Waals surface area contributed by atoms with E-state index in [-0.39, 0.29) is 5.91 Å². The van der Waals surface area contributed by atoms with Gasteiger partial charge in [-0.3, -0.25) is 4.79 Å². The maximum absolute atomic E-state index is 12.1. The molecule has 0 fully saturated rings. The standard InChI is InChI=1S/C14H15N5O/c15-10-2-3-11-9(7-10)1-4-14(20)19(11)8-13-17-6-5-12(16)18-13/h2-3,5-7H,1,4,8,15H2,(H2,16,17,18). The Labute approximate surface area is 116 Å². The first kappa shape index (κ1) is 12.4. The molecule has 0 saturated carbocycles. The van der Waals surface area contributed by atoms with Crippen LogP contribution in [0.3, 0.4) is 0 Å². The third-order valence-corrected chi connectivity index (χ3v) is 3.33. The van der Waals surface area contributed by atoms with Gasteiger partial charge in [0.25, 0.3) is 0 Å². The van der Waals surface area contributed by atoms with E-state index in [9.17, 15) is 4.79 Å². The van der Waals surface area contributed by atoms with E-state index in [0.29, 0.717) is 36.7 Å². The van der Waals surface area contributed by atoms with Crippen LogP contribution in [0.25, 0.3) is 0 Å². The lowest BCUT2D eigenvalue weighted by atomic mass is 10.0. The van der Waals surface area contributed by atoms with Crippen LogP contribution in [0.4, 0.5) is 17.2 Å². The number of amides is 1. The van der Waals surface area contributed by atoms with Gasteiger partial charge in [-0.2, -0.15) is 0 Å². The highest BCUT2D eigenvalue weighted by molar-refractivity contribution is 5.96. The fraction of sp³-hybridized carbons (Fsp3) is 0.214. The minimum Gasteiger partial charge on any atom is -0.399 e. The molecule has 0 bridgehead atoms. The van der Waals surface area contributed by atoms with E-state index in [1.807, 2.05) is 12.1 Å². The lowest BCUT2D eigenvalue weighted by Crippen LogP contribution is -2.35. The molecule has 1 aliphatic rings. The van der Waals surface area contributed by atoms with Gasteiger partial charge < -0.3 is 16.4 Å². The van der Waals surface area contributed by atoms with Crippen molar-refractivity contribution in [1.82, 2.24) is 9.97 Å². The highest BCUT2D eigenvalue weighted by Crippen LogP contribution is 2.30. The first-order chi connectivity index (χ1) is 9.63. The minimum absolute atomic E-state index is 0.0632. The summed E-state index contributed by atoms with van der Waals surface area (Å²) in [5, 5.41) is 0. The summed E-state index contributed by atoms with van der Waals surface area (Å²) in [6, 6.07) is 7.20. The van der Waals surface area contributed by atoms with Crippen LogP contribution >= 0.6 is 0 Å². The van der Waals surface area contributed by atoms with Crippen LogP contribution < -0.4 is 16.4 Å². The molecule has 1 amide bonds. The second-order valence-corrected chi connectivity index (χ2v) is 4.77. The van der Waals surface area contributed by atoms with Gasteiger partial charge in [-0.1, -0.05) is 0 Å². The van der Waals surface area contributed by atoms with Crippen molar-refractivity contribution in [2.24, 2.45) is 0 Å². The Hall–Kier alpha value is -2.63. The zero-order valence-electron chi connectivity index (χ0n) is 10.9. The quantitative estimate of drug-likeness (QED) is 0.796. The Morgan fingerprint density at radius 1 is 1.20 bits per heavy atom. The molecule has 2 heterocycles. The van der Waals surface area contributed by atoms with Gasteiger partial charge in [0.2, 0.25) is 5.91 Å². The molecule has 3 rings (SSSR count). The largest absolute Gasteiger partial charge is 0.399 e. The number of nitrogen functional groups attached to an aromatic ring is 2. The van der Waals surface area contributed by atoms with Crippen LogP contribution in [0.1, 0.15) is 17.8 Å². The molecular formula is C14H15N5O. The molecule has 6 heteroatoms. The number of aryl methyl sites for hydroxylation is 1. The molecule has 0 spiro atoms. The topological polar surface area (TPSA) is 98.1 Å². The number of nitrogens with two attached hydrogens (primary N) is 2. The summed E-state index contributed by atoms with van der Waals surface area (Å²) in [4.78, 5) is 22.1. The van der Waals surface area contributed by atoms with E-state index in [0.717, 1.165) is 11.3 Å². The fourth-order valence-electron chi connectivity index (χ4n) is 2.39. The maximum Gasteiger partial charge on any atom is 0.227 e. The summed E-state index contributed by atoms with van der Waals surface area (Å²) < 4.78 is 0. The van der Waals surface area contributed by atoms with Crippen molar-refractivity contribution >= 4 is 23.1 Å². The predicted octanol–water partition coefficient (Wildman–Crippen LogP) is 1.12. The third-order valence-electron chi connectivity index (χ3n) is 3.33. The zero-order valence-corrected chi connectivity index (χ0v) is 10.9. The van der Waals surface area contributed by atoms with Crippen molar-refractivity contribution < 1.29 is 4.79 Å². The number of nitrogens with zero attached hydrogens (tertiary/aromatic N) is 3. The molecule has 1 aromatic carbocycles. The number of anilines is 3. The van der Waals surface area contributed by atoms with Crippen LogP contribution in [-0.2, 0) is 17.8 Å². The Morgan fingerprint density at radius 2 is 2.05 bits per heavy atom. The average molecular weight is 269 g/mol. The van der Waals surface area contributed by atoms with E-state index in [2.05, 4.69) is 9.97 Å². The Morgan fingerprint density at radius 3 is 2.85 bits per heavy atom. The zero-order chi connectivity index (χ0) is 14.1. The van der Waals surface area contributed by atoms with E-state index in [4.69, 9.17) is 11.5 Å². The first-order valence-electron chi connectivity index (χ1n) is 6.39. The molecule has 1 aliphatic heterocycles. The summed E-state index contributed by atoms with van der Waals surface area (Å²) in [5.74, 6) is 0.994. The van der Waals surface area contributed by atoms with Crippen LogP contribution in [0.15, 0.2) is 30.5 Å². The van der Waals surface area contributed by atoms with Gasteiger partial charge in [-0.05, 0) is 36.2 Å². The summed E-state index contributed by atoms with van der Waals surface area (Å²) in [6.45, 7) is 0.320. The molecule has 0 saturated heterocycles. The summed E-state index contributed by atoms with van der Waals surface area (Å²) in [5.41, 5.74) is 14.1. The van der Waals surface area contributed by atoms with Crippen molar-refractivity contribution in [1.29, 1.82) is 0 Å². The van der Waals surface area contributed by atoms with Crippen molar-refractivity contribution in [3.8, 4) is 0 Å². The molecule has 0 unspecified atom stereocenters. The number of carbonyl (C=O) groups is 1. The van der Waals surface area contributed by atoms with Crippen molar-refractivity contribution in [2.45, 2.75) is 19.4 Å². The molecular weight excluding hydrogens is 254 g/mol. The van der Waals surface area contributed by atoms with Gasteiger partial charge in [0, 0.05) is 24.0 Å². The van der Waals surface area contributed by atoms with Crippen LogP contribution in [0, 0.1) is 0 Å². The molecule has 4 N–H and O–H groups in total. The molecule has 0 radical (unpaired) electrons. The first-order valence-corrected chi connectivity index (χ1v) is 6.39. The maximum atomic E-state index is 12.1. The number of hydrogen-bond acceptors (Lipinski definition) is 5. The van der Waals surface area contributed by atoms with Crippen LogP contribution in [0.5, 0.6) is 0 Å². The fourth-order valence-corrected chi connectivity index (χ4v) is 2.39. The smallest absolute Gasteiger partial charge is 0.227 e. The van der Waals surface area contributed by atoms with E-state index >= 15 is 0 Å². The SMILES string of the molecule is Nc1ccc2c(c1)CCC(=O)N2Cc1nccc(N)n1. The van der Waals surface area contributed by atoms with Gasteiger partial charge >= 0.3 is 0 Å². The van der Waals surface area contributed by atoms with Gasteiger partial charge in [0.05, 0.1) is 6.54 Å². The summed E-state index contributed by atoms with van der Waals surface area (Å²) in [6.07, 6.45) is 2.78. The van der Waals surface area contributed by atoms with Gasteiger partial charge in [0.1, 0.15) is 11.6 Å². The second-order valence-electron chi connectivity index (χ2n) is 4.77. The van der Waals surface area contributed by atoms with Gasteiger partial charge in [-0.25, -0.2) is 9.97 Å². The summed E-state index contributed by atoms with van der Waals surface area (Å²) in [7, 11) is 0. The van der Waals surface area contributed by atoms with Crippen molar-refractivity contribution in [3.05, 3.63) is 41.9 Å². The van der Waals surface area contributed by atoms with E-state index in [1.54, 1.807) is 23.2 Å². The number of aromatic nitrogens is 2. The van der Waals surface area contributed by atoms with Crippen LogP contribution in [-0.4, -0.2) is 15.9 Å². The third kappa shape index (κ3) is 2.27. The normalized spacial score (nSPS) is 14.2. The number of benzene rings is 1. The number of hydrogen-bond donors (Lipinski definition) is 2. The Balaban J connectivity index is 1.95. The minimum atomic E-state index is 0.0632. The van der Waals surface area contributed by atoms with Crippen molar-refractivity contribution in [2.75, 3.05) is 16.4 Å². The Kier molecular flexibility index (Phi) is 2.98. The van der Waals surface area contributed by atoms with Crippen molar-refractivity contribution in [3.63, 3.8) is 0 Å². The number of rotatable bonds is 2. The monoisotopic (exact) mass is 269 g/mol. The highest BCUT2D eigenvalue weighted by Gasteiger charge is 2.25. The molecule has 0 aliphatic carbocycles. The number of carbonyl (C=O) groups excluding carboxylic acids is 1. The van der Waals surface area contributed by atoms with E-state index < -0.39 is 0 Å². The predicted molar refractivity (Wildman–Crippen MR) is 76.8 cm³/mol. The lowest BCUT2D eigenvalue weighted by Gasteiger charge is -2.29. The molecule has 20 heavy (non-hydrogen) atoms. The van der Waals surface area contributed by atoms with Gasteiger partial charge in [-0.15, -0.1) is 0 Å². The molecule has 102 valence electrons. The van der Waals surface area contributed by atoms with Gasteiger partial charge in [0.15, 0.2) is 0 Å². The molecule has 1 aromatic heterocycles.